The molecule has 0 aliphatic rings. The van der Waals surface area contributed by atoms with Crippen LogP contribution in [0.15, 0.2) is 0 Å². The summed E-state index contributed by atoms with van der Waals surface area (Å²) in [6.07, 6.45) is 0. The van der Waals surface area contributed by atoms with Crippen LogP contribution in [0.5, 0.6) is 0 Å². The Kier molecular flexibility index (Phi) is 101. The molecule has 1 radical (unpaired) electrons. The number of hydrogen-bond acceptors (Lipinski definition) is 0. The van der Waals surface area contributed by atoms with Gasteiger partial charge in [0.2, 0.25) is 0 Å². The van der Waals surface area contributed by atoms with E-state index in [1.165, 1.54) is 0 Å². The van der Waals surface area contributed by atoms with Gasteiger partial charge in [-0.3, -0.25) is 0 Å². The van der Waals surface area contributed by atoms with Crippen molar-refractivity contribution in [2.45, 2.75) is 0 Å². The minimum Gasteiger partial charge on any atom is -1.00 e. The van der Waals surface area contributed by atoms with E-state index in [0.29, 0.717) is 0 Å². The third kappa shape index (κ3) is 9.19. The Balaban J connectivity index is 0. The second-order valence-corrected chi connectivity index (χ2v) is 0. The van der Waals surface area contributed by atoms with Crippen molar-refractivity contribution in [3.8, 4) is 0 Å². The molecule has 0 saturated carbocycles. The zero-order valence-corrected chi connectivity index (χ0v) is 13.7. The molecular formula is H4BaOUY. The Labute approximate surface area is 118 Å². The topological polar surface area (TPSA) is 31.5 Å². The molecule has 0 aliphatic carbocycles. The van der Waals surface area contributed by atoms with Crippen LogP contribution < -0.4 is 0 Å². The van der Waals surface area contributed by atoms with Crippen LogP contribution in [0, 0.1) is 31.1 Å². The zero-order valence-electron chi connectivity index (χ0n) is 4.28. The monoisotopic (exact) mass is 485 g/mol. The van der Waals surface area contributed by atoms with Gasteiger partial charge in [0.05, 0.1) is 0 Å². The van der Waals surface area contributed by atoms with Crippen LogP contribution >= 0.6 is 0 Å². The van der Waals surface area contributed by atoms with Crippen molar-refractivity contribution < 1.29 is 72.2 Å². The van der Waals surface area contributed by atoms with Crippen molar-refractivity contribution in [2.75, 3.05) is 0 Å². The normalized spacial score (nSPS) is 0. The molecule has 0 rings (SSSR count). The summed E-state index contributed by atoms with van der Waals surface area (Å²) in [5.41, 5.74) is 0. The summed E-state index contributed by atoms with van der Waals surface area (Å²) in [5.74, 6) is 0. The predicted octanol–water partition coefficient (Wildman–Crippen LogP) is -0.983. The standard InChI is InChI=1S/Ba.H2O.U.Y.2H/h;1H2;;;;/q+2;;;;2*-1. The van der Waals surface area contributed by atoms with Gasteiger partial charge >= 0.3 is 48.9 Å². The maximum atomic E-state index is 0. The fourth-order valence-electron chi connectivity index (χ4n) is 0. The molecule has 4 heavy (non-hydrogen) atoms. The average Bonchev–Trinajstić information content (AvgIpc) is 0. The molecule has 0 atom stereocenters. The van der Waals surface area contributed by atoms with Crippen LogP contribution in [0.4, 0.5) is 0 Å². The molecule has 0 amide bonds. The Bertz CT molecular complexity index is 13.5. The van der Waals surface area contributed by atoms with Crippen LogP contribution in [-0.4, -0.2) is 54.4 Å². The van der Waals surface area contributed by atoms with E-state index in [9.17, 15) is 0 Å². The summed E-state index contributed by atoms with van der Waals surface area (Å²) in [6, 6.07) is 0. The van der Waals surface area contributed by atoms with E-state index in [-0.39, 0.29) is 121 Å². The van der Waals surface area contributed by atoms with E-state index < -0.39 is 0 Å². The van der Waals surface area contributed by atoms with Crippen LogP contribution in [0.2, 0.25) is 0 Å². The molecule has 0 spiro atoms. The zero-order chi connectivity index (χ0) is 0. The fraction of sp³-hybridized carbons (Fsp3) is 0. The second kappa shape index (κ2) is 15.9. The minimum atomic E-state index is 0. The largest absolute Gasteiger partial charge is 2.00 e. The maximum Gasteiger partial charge on any atom is 2.00 e. The Hall–Kier alpha value is 3.69. The summed E-state index contributed by atoms with van der Waals surface area (Å²) in [4.78, 5) is 0. The predicted molar refractivity (Wildman–Crippen MR) is 11.6 cm³/mol. The molecule has 0 heterocycles. The van der Waals surface area contributed by atoms with Gasteiger partial charge < -0.3 is 8.33 Å². The molecule has 0 aromatic rings. The van der Waals surface area contributed by atoms with E-state index in [0.717, 1.165) is 0 Å². The van der Waals surface area contributed by atoms with Crippen LogP contribution in [0.3, 0.4) is 0 Å². The minimum absolute atomic E-state index is 0. The van der Waals surface area contributed by atoms with Crippen molar-refractivity contribution in [1.29, 1.82) is 0 Å². The van der Waals surface area contributed by atoms with Gasteiger partial charge in [-0.05, 0) is 0 Å². The van der Waals surface area contributed by atoms with Gasteiger partial charge in [-0.2, -0.15) is 0 Å². The first-order valence-corrected chi connectivity index (χ1v) is 0. The molecule has 0 unspecified atom stereocenters. The van der Waals surface area contributed by atoms with Crippen molar-refractivity contribution in [3.05, 3.63) is 0 Å². The molecule has 0 aromatic carbocycles. The van der Waals surface area contributed by atoms with Crippen LogP contribution in [-0.2, 0) is 32.7 Å². The molecular weight excluding hydrogens is 480 g/mol. The molecule has 2 N–H and O–H groups in total. The molecule has 0 bridgehead atoms. The first-order valence-electron chi connectivity index (χ1n) is 0. The van der Waals surface area contributed by atoms with Crippen molar-refractivity contribution >= 4 is 48.9 Å². The Morgan fingerprint density at radius 3 is 1.25 bits per heavy atom. The van der Waals surface area contributed by atoms with Crippen molar-refractivity contribution in [1.82, 2.24) is 0 Å². The van der Waals surface area contributed by atoms with Gasteiger partial charge in [0.15, 0.2) is 0 Å². The molecule has 1 nitrogen and oxygen atoms in total. The van der Waals surface area contributed by atoms with Gasteiger partial charge in [0, 0.05) is 63.8 Å². The first-order chi connectivity index (χ1) is 0. The van der Waals surface area contributed by atoms with E-state index in [1.807, 2.05) is 0 Å². The van der Waals surface area contributed by atoms with Crippen LogP contribution in [0.1, 0.15) is 2.85 Å². The van der Waals surface area contributed by atoms with Gasteiger partial charge in [-0.15, -0.1) is 0 Å². The maximum absolute atomic E-state index is 0. The third-order valence-corrected chi connectivity index (χ3v) is 0. The van der Waals surface area contributed by atoms with E-state index in [1.54, 1.807) is 0 Å². The summed E-state index contributed by atoms with van der Waals surface area (Å²) >= 11 is 0. The molecule has 4 heteroatoms. The molecule has 0 aromatic heterocycles. The molecule has 19 valence electrons. The van der Waals surface area contributed by atoms with Gasteiger partial charge in [-0.25, -0.2) is 0 Å². The van der Waals surface area contributed by atoms with Gasteiger partial charge in [-0.1, -0.05) is 0 Å². The molecule has 0 saturated heterocycles. The first kappa shape index (κ1) is 25.3. The van der Waals surface area contributed by atoms with E-state index in [4.69, 9.17) is 0 Å². The molecule has 0 fully saturated rings. The van der Waals surface area contributed by atoms with Crippen LogP contribution in [0.25, 0.3) is 0 Å². The van der Waals surface area contributed by atoms with Crippen molar-refractivity contribution in [2.24, 2.45) is 0 Å². The third-order valence-electron chi connectivity index (χ3n) is 0. The molecule has 0 aliphatic heterocycles. The average molecular weight is 484 g/mol. The van der Waals surface area contributed by atoms with E-state index in [2.05, 4.69) is 0 Å². The van der Waals surface area contributed by atoms with Gasteiger partial charge in [0.25, 0.3) is 0 Å². The Morgan fingerprint density at radius 2 is 1.25 bits per heavy atom. The fourth-order valence-corrected chi connectivity index (χ4v) is 0. The summed E-state index contributed by atoms with van der Waals surface area (Å²) in [6.45, 7) is 0. The summed E-state index contributed by atoms with van der Waals surface area (Å²) in [5, 5.41) is 0. The summed E-state index contributed by atoms with van der Waals surface area (Å²) < 4.78 is 0. The number of rotatable bonds is 0. The van der Waals surface area contributed by atoms with E-state index >= 15 is 0 Å². The Morgan fingerprint density at radius 1 is 1.25 bits per heavy atom. The van der Waals surface area contributed by atoms with Crippen molar-refractivity contribution in [3.63, 3.8) is 0 Å². The summed E-state index contributed by atoms with van der Waals surface area (Å²) in [7, 11) is 0. The number of hydrogen-bond donors (Lipinski definition) is 0. The van der Waals surface area contributed by atoms with Gasteiger partial charge in [0.1, 0.15) is 0 Å². The quantitative estimate of drug-likeness (QED) is 0.396. The smallest absolute Gasteiger partial charge is 1.00 e. The SMILES string of the molecule is O.[Ba+2].[H-].[H-].[U].[Y]. The second-order valence-electron chi connectivity index (χ2n) is 0.